The van der Waals surface area contributed by atoms with Crippen molar-refractivity contribution in [2.24, 2.45) is 0 Å². The van der Waals surface area contributed by atoms with E-state index in [0.29, 0.717) is 30.0 Å². The van der Waals surface area contributed by atoms with Crippen molar-refractivity contribution in [3.63, 3.8) is 0 Å². The summed E-state index contributed by atoms with van der Waals surface area (Å²) in [5.41, 5.74) is 0.902. The fraction of sp³-hybridized carbons (Fsp3) is 0.312. The van der Waals surface area contributed by atoms with E-state index in [1.165, 1.54) is 12.1 Å². The van der Waals surface area contributed by atoms with Gasteiger partial charge in [-0.25, -0.2) is 9.37 Å². The van der Waals surface area contributed by atoms with Gasteiger partial charge < -0.3 is 15.5 Å². The Bertz CT molecular complexity index is 740. The number of nitrogens with one attached hydrogen (secondary N) is 2. The molecule has 0 bridgehead atoms. The Morgan fingerprint density at radius 1 is 1.33 bits per heavy atom. The molecule has 1 amide bonds. The van der Waals surface area contributed by atoms with Gasteiger partial charge in [-0.2, -0.15) is 4.98 Å². The van der Waals surface area contributed by atoms with Crippen LogP contribution in [0.4, 0.5) is 16.2 Å². The monoisotopic (exact) mass is 349 g/mol. The second kappa shape index (κ2) is 7.00. The number of carbonyl (C=O) groups is 1. The standard InChI is InChI=1S/C16H17ClFN5O/c1-10(11-2-4-12(18)5-3-11)20-16-21-13(17)8-14(22-16)23-7-6-19-15(24)9-23/h2-5,8,10H,6-7,9H2,1H3,(H,19,24)(H,20,21,22)/t10-/m0/s1. The first-order chi connectivity index (χ1) is 11.5. The summed E-state index contributed by atoms with van der Waals surface area (Å²) in [5, 5.41) is 6.21. The maximum absolute atomic E-state index is 13.0. The number of hydrogen-bond acceptors (Lipinski definition) is 5. The normalized spacial score (nSPS) is 15.8. The van der Waals surface area contributed by atoms with Gasteiger partial charge in [-0.05, 0) is 24.6 Å². The van der Waals surface area contributed by atoms with Crippen molar-refractivity contribution in [2.45, 2.75) is 13.0 Å². The van der Waals surface area contributed by atoms with Crippen molar-refractivity contribution < 1.29 is 9.18 Å². The van der Waals surface area contributed by atoms with E-state index in [1.54, 1.807) is 18.2 Å². The zero-order valence-corrected chi connectivity index (χ0v) is 13.8. The summed E-state index contributed by atoms with van der Waals surface area (Å²) in [6.45, 7) is 3.38. The van der Waals surface area contributed by atoms with Gasteiger partial charge >= 0.3 is 0 Å². The van der Waals surface area contributed by atoms with Crippen LogP contribution in [-0.4, -0.2) is 35.5 Å². The predicted molar refractivity (Wildman–Crippen MR) is 90.7 cm³/mol. The lowest BCUT2D eigenvalue weighted by Gasteiger charge is -2.28. The molecule has 0 aliphatic carbocycles. The Kier molecular flexibility index (Phi) is 4.80. The Balaban J connectivity index is 1.78. The largest absolute Gasteiger partial charge is 0.353 e. The average Bonchev–Trinajstić information content (AvgIpc) is 2.55. The molecule has 1 aliphatic rings. The molecule has 2 heterocycles. The van der Waals surface area contributed by atoms with E-state index in [9.17, 15) is 9.18 Å². The summed E-state index contributed by atoms with van der Waals surface area (Å²) in [7, 11) is 0. The van der Waals surface area contributed by atoms with Crippen LogP contribution < -0.4 is 15.5 Å². The molecule has 0 unspecified atom stereocenters. The SMILES string of the molecule is C[C@H](Nc1nc(Cl)cc(N2CCNC(=O)C2)n1)c1ccc(F)cc1. The summed E-state index contributed by atoms with van der Waals surface area (Å²) in [4.78, 5) is 22.0. The number of halogens is 2. The van der Waals surface area contributed by atoms with E-state index in [1.807, 2.05) is 11.8 Å². The first-order valence-electron chi connectivity index (χ1n) is 7.59. The van der Waals surface area contributed by atoms with Crippen LogP contribution in [0.2, 0.25) is 5.15 Å². The zero-order chi connectivity index (χ0) is 17.1. The first kappa shape index (κ1) is 16.4. The number of hydrogen-bond donors (Lipinski definition) is 2. The lowest BCUT2D eigenvalue weighted by molar-refractivity contribution is -0.120. The van der Waals surface area contributed by atoms with E-state index in [0.717, 1.165) is 5.56 Å². The topological polar surface area (TPSA) is 70.2 Å². The molecule has 3 rings (SSSR count). The van der Waals surface area contributed by atoms with E-state index in [2.05, 4.69) is 20.6 Å². The highest BCUT2D eigenvalue weighted by Gasteiger charge is 2.19. The summed E-state index contributed by atoms with van der Waals surface area (Å²) < 4.78 is 13.0. The number of benzene rings is 1. The first-order valence-corrected chi connectivity index (χ1v) is 7.97. The maximum Gasteiger partial charge on any atom is 0.239 e. The molecule has 1 fully saturated rings. The van der Waals surface area contributed by atoms with E-state index >= 15 is 0 Å². The quantitative estimate of drug-likeness (QED) is 0.829. The van der Waals surface area contributed by atoms with Crippen molar-refractivity contribution in [1.29, 1.82) is 0 Å². The zero-order valence-electron chi connectivity index (χ0n) is 13.1. The molecule has 0 saturated carbocycles. The van der Waals surface area contributed by atoms with Crippen LogP contribution in [0.5, 0.6) is 0 Å². The average molecular weight is 350 g/mol. The van der Waals surface area contributed by atoms with Crippen LogP contribution in [0.15, 0.2) is 30.3 Å². The molecule has 8 heteroatoms. The number of carbonyl (C=O) groups excluding carboxylic acids is 1. The third-order valence-electron chi connectivity index (χ3n) is 3.76. The van der Waals surface area contributed by atoms with Gasteiger partial charge in [-0.3, -0.25) is 4.79 Å². The molecule has 24 heavy (non-hydrogen) atoms. The van der Waals surface area contributed by atoms with Crippen LogP contribution in [0, 0.1) is 5.82 Å². The fourth-order valence-corrected chi connectivity index (χ4v) is 2.67. The lowest BCUT2D eigenvalue weighted by Crippen LogP contribution is -2.48. The molecule has 1 atom stereocenters. The van der Waals surface area contributed by atoms with Gasteiger partial charge in [0.05, 0.1) is 12.6 Å². The number of nitrogens with zero attached hydrogens (tertiary/aromatic N) is 3. The number of aromatic nitrogens is 2. The number of amides is 1. The molecular weight excluding hydrogens is 333 g/mol. The number of piperazine rings is 1. The van der Waals surface area contributed by atoms with Crippen molar-refractivity contribution in [2.75, 3.05) is 29.9 Å². The van der Waals surface area contributed by atoms with Crippen molar-refractivity contribution >= 4 is 29.3 Å². The minimum absolute atomic E-state index is 0.0508. The Morgan fingerprint density at radius 3 is 2.79 bits per heavy atom. The summed E-state index contributed by atoms with van der Waals surface area (Å²) in [5.74, 6) is 0.625. The van der Waals surface area contributed by atoms with Gasteiger partial charge in [0.25, 0.3) is 0 Å². The second-order valence-corrected chi connectivity index (χ2v) is 5.95. The highest BCUT2D eigenvalue weighted by atomic mass is 35.5. The number of anilines is 2. The van der Waals surface area contributed by atoms with Crippen molar-refractivity contribution in [3.8, 4) is 0 Å². The minimum atomic E-state index is -0.282. The smallest absolute Gasteiger partial charge is 0.239 e. The van der Waals surface area contributed by atoms with E-state index in [-0.39, 0.29) is 24.3 Å². The third kappa shape index (κ3) is 3.91. The molecule has 126 valence electrons. The Morgan fingerprint density at radius 2 is 2.08 bits per heavy atom. The van der Waals surface area contributed by atoms with Gasteiger partial charge in [0.1, 0.15) is 16.8 Å². The predicted octanol–water partition coefficient (Wildman–Crippen LogP) is 2.38. The van der Waals surface area contributed by atoms with Crippen LogP contribution >= 0.6 is 11.6 Å². The Labute approximate surface area is 144 Å². The molecule has 0 spiro atoms. The van der Waals surface area contributed by atoms with Gasteiger partial charge in [0.15, 0.2) is 0 Å². The molecule has 1 aromatic carbocycles. The summed E-state index contributed by atoms with van der Waals surface area (Å²) in [6.07, 6.45) is 0. The molecule has 1 saturated heterocycles. The van der Waals surface area contributed by atoms with Crippen LogP contribution in [0.3, 0.4) is 0 Å². The van der Waals surface area contributed by atoms with Crippen LogP contribution in [0.25, 0.3) is 0 Å². The number of rotatable bonds is 4. The van der Waals surface area contributed by atoms with Crippen molar-refractivity contribution in [3.05, 3.63) is 46.9 Å². The third-order valence-corrected chi connectivity index (χ3v) is 3.95. The van der Waals surface area contributed by atoms with Crippen LogP contribution in [0.1, 0.15) is 18.5 Å². The molecule has 6 nitrogen and oxygen atoms in total. The van der Waals surface area contributed by atoms with Gasteiger partial charge in [0.2, 0.25) is 11.9 Å². The molecule has 1 aliphatic heterocycles. The van der Waals surface area contributed by atoms with E-state index in [4.69, 9.17) is 11.6 Å². The molecule has 2 aromatic rings. The van der Waals surface area contributed by atoms with Gasteiger partial charge in [-0.15, -0.1) is 0 Å². The lowest BCUT2D eigenvalue weighted by atomic mass is 10.1. The summed E-state index contributed by atoms with van der Waals surface area (Å²) in [6, 6.07) is 7.73. The fourth-order valence-electron chi connectivity index (χ4n) is 2.49. The summed E-state index contributed by atoms with van der Waals surface area (Å²) >= 11 is 6.09. The highest BCUT2D eigenvalue weighted by molar-refractivity contribution is 6.29. The highest BCUT2D eigenvalue weighted by Crippen LogP contribution is 2.22. The Hall–Kier alpha value is -2.41. The van der Waals surface area contributed by atoms with E-state index < -0.39 is 0 Å². The van der Waals surface area contributed by atoms with Gasteiger partial charge in [-0.1, -0.05) is 23.7 Å². The molecular formula is C16H17ClFN5O. The maximum atomic E-state index is 13.0. The molecule has 0 radical (unpaired) electrons. The molecule has 2 N–H and O–H groups in total. The minimum Gasteiger partial charge on any atom is -0.353 e. The van der Waals surface area contributed by atoms with Gasteiger partial charge in [0, 0.05) is 19.2 Å². The molecule has 1 aromatic heterocycles. The van der Waals surface area contributed by atoms with Crippen LogP contribution in [-0.2, 0) is 4.79 Å². The van der Waals surface area contributed by atoms with Crippen molar-refractivity contribution in [1.82, 2.24) is 15.3 Å². The second-order valence-electron chi connectivity index (χ2n) is 5.56.